The molecule has 1 N–H and O–H groups in total. The maximum absolute atomic E-state index is 12.7. The molecule has 0 amide bonds. The van der Waals surface area contributed by atoms with Crippen molar-refractivity contribution in [2.75, 3.05) is 0 Å². The van der Waals surface area contributed by atoms with Crippen LogP contribution in [-0.4, -0.2) is 22.3 Å². The fourth-order valence-corrected chi connectivity index (χ4v) is 8.19. The molecule has 0 aromatic heterocycles. The molecular weight excluding hydrogens is 288 g/mol. The van der Waals surface area contributed by atoms with Gasteiger partial charge in [-0.1, -0.05) is 13.8 Å². The SMILES string of the molecule is CCC(CC)C(=O)OC12CC3CC(C1)C1CC4(O)CC3C1(C4)C2. The molecule has 6 rings (SSSR count). The molecule has 6 aliphatic rings. The summed E-state index contributed by atoms with van der Waals surface area (Å²) in [4.78, 5) is 12.7. The van der Waals surface area contributed by atoms with Gasteiger partial charge in [-0.15, -0.1) is 0 Å². The molecule has 0 saturated heterocycles. The highest BCUT2D eigenvalue weighted by atomic mass is 16.6. The molecule has 3 nitrogen and oxygen atoms in total. The lowest BCUT2D eigenvalue weighted by molar-refractivity contribution is -0.238. The summed E-state index contributed by atoms with van der Waals surface area (Å²) in [5.74, 6) is 2.93. The molecule has 0 heterocycles. The maximum atomic E-state index is 12.7. The summed E-state index contributed by atoms with van der Waals surface area (Å²) < 4.78 is 6.28. The Morgan fingerprint density at radius 3 is 2.26 bits per heavy atom. The van der Waals surface area contributed by atoms with Gasteiger partial charge in [-0.3, -0.25) is 4.79 Å². The fourth-order valence-electron chi connectivity index (χ4n) is 8.19. The Balaban J connectivity index is 1.46. The van der Waals surface area contributed by atoms with Crippen LogP contribution in [0.25, 0.3) is 0 Å². The second-order valence-corrected chi connectivity index (χ2v) is 9.71. The van der Waals surface area contributed by atoms with E-state index in [0.29, 0.717) is 29.1 Å². The van der Waals surface area contributed by atoms with Gasteiger partial charge in [-0.05, 0) is 86.9 Å². The minimum atomic E-state index is -0.383. The Morgan fingerprint density at radius 2 is 1.70 bits per heavy atom. The molecule has 0 aromatic rings. The Labute approximate surface area is 139 Å². The molecule has 6 aliphatic carbocycles. The Hall–Kier alpha value is -0.570. The first-order chi connectivity index (χ1) is 10.9. The summed E-state index contributed by atoms with van der Waals surface area (Å²) in [6.07, 6.45) is 9.34. The van der Waals surface area contributed by atoms with Crippen molar-refractivity contribution in [2.24, 2.45) is 35.0 Å². The minimum absolute atomic E-state index is 0.0500. The van der Waals surface area contributed by atoms with Gasteiger partial charge in [0, 0.05) is 0 Å². The molecule has 5 bridgehead atoms. The summed E-state index contributed by atoms with van der Waals surface area (Å²) >= 11 is 0. The van der Waals surface area contributed by atoms with Gasteiger partial charge >= 0.3 is 5.97 Å². The van der Waals surface area contributed by atoms with Gasteiger partial charge in [0.1, 0.15) is 5.60 Å². The van der Waals surface area contributed by atoms with Crippen molar-refractivity contribution in [3.8, 4) is 0 Å². The molecule has 4 atom stereocenters. The summed E-state index contributed by atoms with van der Waals surface area (Å²) in [7, 11) is 0. The quantitative estimate of drug-likeness (QED) is 0.804. The first-order valence-electron chi connectivity index (χ1n) is 9.88. The van der Waals surface area contributed by atoms with Gasteiger partial charge in [0.15, 0.2) is 0 Å². The highest BCUT2D eigenvalue weighted by molar-refractivity contribution is 5.73. The van der Waals surface area contributed by atoms with E-state index < -0.39 is 0 Å². The lowest BCUT2D eigenvalue weighted by atomic mass is 9.40. The fraction of sp³-hybridized carbons (Fsp3) is 0.950. The molecule has 23 heavy (non-hydrogen) atoms. The van der Waals surface area contributed by atoms with E-state index >= 15 is 0 Å². The van der Waals surface area contributed by atoms with Crippen molar-refractivity contribution in [3.05, 3.63) is 0 Å². The average molecular weight is 318 g/mol. The van der Waals surface area contributed by atoms with Gasteiger partial charge in [-0.25, -0.2) is 0 Å². The number of carbonyl (C=O) groups excluding carboxylic acids is 1. The lowest BCUT2D eigenvalue weighted by Crippen LogP contribution is -2.64. The molecule has 6 saturated carbocycles. The number of ether oxygens (including phenoxy) is 1. The zero-order chi connectivity index (χ0) is 16.0. The molecule has 3 heteroatoms. The first-order valence-corrected chi connectivity index (χ1v) is 9.88. The third-order valence-electron chi connectivity index (χ3n) is 8.63. The second-order valence-electron chi connectivity index (χ2n) is 9.71. The predicted octanol–water partition coefficient (Wildman–Crippen LogP) is 3.69. The smallest absolute Gasteiger partial charge is 0.309 e. The van der Waals surface area contributed by atoms with Crippen LogP contribution in [0.2, 0.25) is 0 Å². The molecule has 0 aromatic carbocycles. The Morgan fingerprint density at radius 1 is 1.09 bits per heavy atom. The molecule has 128 valence electrons. The molecule has 0 radical (unpaired) electrons. The normalized spacial score (nSPS) is 55.0. The first kappa shape index (κ1) is 14.7. The molecule has 6 fully saturated rings. The van der Waals surface area contributed by atoms with Crippen molar-refractivity contribution >= 4 is 5.97 Å². The average Bonchev–Trinajstić information content (AvgIpc) is 2.94. The van der Waals surface area contributed by atoms with E-state index in [-0.39, 0.29) is 23.1 Å². The highest BCUT2D eigenvalue weighted by Crippen LogP contribution is 2.79. The van der Waals surface area contributed by atoms with Crippen LogP contribution in [0.4, 0.5) is 0 Å². The van der Waals surface area contributed by atoms with Crippen LogP contribution in [0.5, 0.6) is 0 Å². The lowest BCUT2D eigenvalue weighted by Gasteiger charge is -2.66. The van der Waals surface area contributed by atoms with E-state index in [0.717, 1.165) is 51.4 Å². The number of hydrogen-bond acceptors (Lipinski definition) is 3. The second kappa shape index (κ2) is 4.33. The molecular formula is C20H30O3. The van der Waals surface area contributed by atoms with Crippen molar-refractivity contribution < 1.29 is 14.6 Å². The van der Waals surface area contributed by atoms with Crippen molar-refractivity contribution in [3.63, 3.8) is 0 Å². The highest BCUT2D eigenvalue weighted by Gasteiger charge is 2.76. The Bertz CT molecular complexity index is 527. The zero-order valence-electron chi connectivity index (χ0n) is 14.5. The van der Waals surface area contributed by atoms with Crippen LogP contribution in [0.15, 0.2) is 0 Å². The van der Waals surface area contributed by atoms with Crippen LogP contribution in [0, 0.1) is 35.0 Å². The number of carbonyl (C=O) groups is 1. The van der Waals surface area contributed by atoms with Crippen LogP contribution < -0.4 is 0 Å². The maximum Gasteiger partial charge on any atom is 0.309 e. The van der Waals surface area contributed by atoms with Gasteiger partial charge in [-0.2, -0.15) is 0 Å². The third-order valence-corrected chi connectivity index (χ3v) is 8.63. The third kappa shape index (κ3) is 1.73. The number of fused-ring (bicyclic) bond motifs is 1. The zero-order valence-corrected chi connectivity index (χ0v) is 14.5. The largest absolute Gasteiger partial charge is 0.459 e. The molecule has 4 unspecified atom stereocenters. The van der Waals surface area contributed by atoms with Crippen LogP contribution in [0.3, 0.4) is 0 Å². The van der Waals surface area contributed by atoms with E-state index in [1.54, 1.807) is 0 Å². The van der Waals surface area contributed by atoms with Crippen molar-refractivity contribution in [1.29, 1.82) is 0 Å². The topological polar surface area (TPSA) is 46.5 Å². The standard InChI is InChI=1S/C20H30O3/c1-3-12(4-2)17(21)23-19-6-13-5-14(7-19)16-9-18(22)8-15(13)20(16,10-18)11-19/h12-16,22H,3-11H2,1-2H3. The van der Waals surface area contributed by atoms with E-state index in [4.69, 9.17) is 4.74 Å². The van der Waals surface area contributed by atoms with Crippen molar-refractivity contribution in [1.82, 2.24) is 0 Å². The monoisotopic (exact) mass is 318 g/mol. The molecule has 0 aliphatic heterocycles. The predicted molar refractivity (Wildman–Crippen MR) is 86.6 cm³/mol. The van der Waals surface area contributed by atoms with E-state index in [9.17, 15) is 9.90 Å². The molecule has 1 spiro atoms. The van der Waals surface area contributed by atoms with E-state index in [1.807, 2.05) is 0 Å². The summed E-state index contributed by atoms with van der Waals surface area (Å²) in [6, 6.07) is 0. The van der Waals surface area contributed by atoms with E-state index in [1.165, 1.54) is 6.42 Å². The Kier molecular flexibility index (Phi) is 2.78. The number of aliphatic hydroxyl groups is 1. The number of rotatable bonds is 4. The van der Waals surface area contributed by atoms with E-state index in [2.05, 4.69) is 13.8 Å². The van der Waals surface area contributed by atoms with Crippen LogP contribution in [-0.2, 0) is 9.53 Å². The summed E-state index contributed by atoms with van der Waals surface area (Å²) in [5, 5.41) is 10.9. The van der Waals surface area contributed by atoms with Crippen LogP contribution >= 0.6 is 0 Å². The summed E-state index contributed by atoms with van der Waals surface area (Å²) in [6.45, 7) is 4.18. The van der Waals surface area contributed by atoms with Gasteiger partial charge < -0.3 is 9.84 Å². The minimum Gasteiger partial charge on any atom is -0.459 e. The van der Waals surface area contributed by atoms with Crippen LogP contribution in [0.1, 0.15) is 71.6 Å². The number of esters is 1. The van der Waals surface area contributed by atoms with Gasteiger partial charge in [0.2, 0.25) is 0 Å². The summed E-state index contributed by atoms with van der Waals surface area (Å²) in [5.41, 5.74) is -0.255. The number of hydrogen-bond donors (Lipinski definition) is 1. The van der Waals surface area contributed by atoms with Gasteiger partial charge in [0.05, 0.1) is 11.5 Å². The van der Waals surface area contributed by atoms with Gasteiger partial charge in [0.25, 0.3) is 0 Å². The van der Waals surface area contributed by atoms with Crippen molar-refractivity contribution in [2.45, 2.75) is 82.8 Å².